The van der Waals surface area contributed by atoms with Gasteiger partial charge in [0.1, 0.15) is 4.90 Å². The van der Waals surface area contributed by atoms with Gasteiger partial charge in [-0.05, 0) is 43.2 Å². The van der Waals surface area contributed by atoms with Crippen molar-refractivity contribution in [1.82, 2.24) is 14.5 Å². The van der Waals surface area contributed by atoms with Crippen LogP contribution in [0.15, 0.2) is 29.3 Å². The highest BCUT2D eigenvalue weighted by Crippen LogP contribution is 2.22. The molecule has 20 heavy (non-hydrogen) atoms. The second-order valence-electron chi connectivity index (χ2n) is 4.74. The first-order chi connectivity index (χ1) is 9.31. The third kappa shape index (κ3) is 2.83. The van der Waals surface area contributed by atoms with Gasteiger partial charge in [0.25, 0.3) is 0 Å². The lowest BCUT2D eigenvalue weighted by Crippen LogP contribution is -2.25. The van der Waals surface area contributed by atoms with Crippen molar-refractivity contribution in [3.05, 3.63) is 41.2 Å². The Bertz CT molecular complexity index is 735. The minimum absolute atomic E-state index is 0.114. The van der Waals surface area contributed by atoms with Crippen molar-refractivity contribution >= 4 is 15.7 Å². The maximum atomic E-state index is 12.3. The van der Waals surface area contributed by atoms with Crippen molar-refractivity contribution in [3.8, 4) is 0 Å². The lowest BCUT2D eigenvalue weighted by Gasteiger charge is -2.11. The Morgan fingerprint density at radius 2 is 1.95 bits per heavy atom. The molecule has 2 aromatic rings. The number of aromatic nitrogens is 2. The zero-order chi connectivity index (χ0) is 14.9. The molecule has 1 aromatic carbocycles. The first-order valence-corrected chi connectivity index (χ1v) is 7.63. The number of nitrogen functional groups attached to an aromatic ring is 1. The van der Waals surface area contributed by atoms with Crippen molar-refractivity contribution in [2.24, 2.45) is 7.05 Å². The van der Waals surface area contributed by atoms with Crippen LogP contribution < -0.4 is 10.5 Å². The van der Waals surface area contributed by atoms with Crippen LogP contribution >= 0.6 is 0 Å². The number of hydrogen-bond donors (Lipinski definition) is 2. The topological polar surface area (TPSA) is 90.0 Å². The van der Waals surface area contributed by atoms with Gasteiger partial charge in [0.2, 0.25) is 10.0 Å². The van der Waals surface area contributed by atoms with Crippen LogP contribution in [0.1, 0.15) is 16.8 Å². The molecular formula is C13H18N4O2S. The maximum Gasteiger partial charge on any atom is 0.242 e. The van der Waals surface area contributed by atoms with E-state index >= 15 is 0 Å². The van der Waals surface area contributed by atoms with Crippen molar-refractivity contribution in [1.29, 1.82) is 0 Å². The zero-order valence-electron chi connectivity index (χ0n) is 11.7. The van der Waals surface area contributed by atoms with E-state index in [4.69, 9.17) is 5.73 Å². The monoisotopic (exact) mass is 294 g/mol. The van der Waals surface area contributed by atoms with Gasteiger partial charge >= 0.3 is 0 Å². The maximum absolute atomic E-state index is 12.3. The highest BCUT2D eigenvalue weighted by Gasteiger charge is 2.18. The molecule has 0 aliphatic carbocycles. The van der Waals surface area contributed by atoms with Crippen LogP contribution in [0.2, 0.25) is 0 Å². The van der Waals surface area contributed by atoms with Crippen molar-refractivity contribution in [2.45, 2.75) is 25.3 Å². The molecule has 0 fully saturated rings. The van der Waals surface area contributed by atoms with Gasteiger partial charge < -0.3 is 5.73 Å². The molecule has 2 rings (SSSR count). The molecule has 3 N–H and O–H groups in total. The second-order valence-corrected chi connectivity index (χ2v) is 6.48. The van der Waals surface area contributed by atoms with E-state index < -0.39 is 10.0 Å². The van der Waals surface area contributed by atoms with Crippen LogP contribution in [0.4, 0.5) is 5.69 Å². The van der Waals surface area contributed by atoms with Crippen LogP contribution in [-0.2, 0) is 23.6 Å². The summed E-state index contributed by atoms with van der Waals surface area (Å²) in [6.45, 7) is 3.92. The molecule has 0 radical (unpaired) electrons. The van der Waals surface area contributed by atoms with E-state index in [0.717, 1.165) is 16.8 Å². The summed E-state index contributed by atoms with van der Waals surface area (Å²) in [5, 5.41) is 3.99. The van der Waals surface area contributed by atoms with E-state index in [-0.39, 0.29) is 17.1 Å². The first kappa shape index (κ1) is 14.5. The summed E-state index contributed by atoms with van der Waals surface area (Å²) in [5.41, 5.74) is 8.70. The largest absolute Gasteiger partial charge is 0.398 e. The molecule has 0 bridgehead atoms. The quantitative estimate of drug-likeness (QED) is 0.826. The zero-order valence-corrected chi connectivity index (χ0v) is 12.5. The molecule has 7 heteroatoms. The molecule has 1 heterocycles. The molecule has 0 aliphatic rings. The third-order valence-electron chi connectivity index (χ3n) is 3.28. The molecule has 0 saturated carbocycles. The Balaban J connectivity index is 2.27. The van der Waals surface area contributed by atoms with E-state index in [0.29, 0.717) is 0 Å². The first-order valence-electron chi connectivity index (χ1n) is 6.14. The minimum Gasteiger partial charge on any atom is -0.398 e. The molecule has 0 aliphatic heterocycles. The van der Waals surface area contributed by atoms with E-state index in [2.05, 4.69) is 9.82 Å². The Morgan fingerprint density at radius 3 is 2.55 bits per heavy atom. The second kappa shape index (κ2) is 5.26. The predicted octanol–water partition coefficient (Wildman–Crippen LogP) is 1.10. The molecular weight excluding hydrogens is 276 g/mol. The molecule has 0 atom stereocenters. The minimum atomic E-state index is -3.64. The summed E-state index contributed by atoms with van der Waals surface area (Å²) in [7, 11) is -1.88. The van der Waals surface area contributed by atoms with Gasteiger partial charge in [-0.1, -0.05) is 0 Å². The van der Waals surface area contributed by atoms with Gasteiger partial charge in [-0.3, -0.25) is 4.68 Å². The van der Waals surface area contributed by atoms with E-state index in [1.807, 2.05) is 13.8 Å². The highest BCUT2D eigenvalue weighted by atomic mass is 32.2. The average Bonchev–Trinajstić information content (AvgIpc) is 2.77. The Morgan fingerprint density at radius 1 is 1.30 bits per heavy atom. The Labute approximate surface area is 118 Å². The predicted molar refractivity (Wildman–Crippen MR) is 77.6 cm³/mol. The van der Waals surface area contributed by atoms with Crippen LogP contribution in [0.3, 0.4) is 0 Å². The summed E-state index contributed by atoms with van der Waals surface area (Å²) in [5.74, 6) is 0. The van der Waals surface area contributed by atoms with Gasteiger partial charge in [0, 0.05) is 13.2 Å². The normalized spacial score (nSPS) is 11.8. The Hall–Kier alpha value is -1.86. The fourth-order valence-electron chi connectivity index (χ4n) is 1.87. The lowest BCUT2D eigenvalue weighted by molar-refractivity contribution is 0.577. The van der Waals surface area contributed by atoms with E-state index in [1.165, 1.54) is 0 Å². The van der Waals surface area contributed by atoms with Crippen LogP contribution in [-0.4, -0.2) is 18.2 Å². The van der Waals surface area contributed by atoms with Gasteiger partial charge in [-0.15, -0.1) is 0 Å². The molecule has 108 valence electrons. The van der Waals surface area contributed by atoms with E-state index in [1.54, 1.807) is 36.1 Å². The average molecular weight is 294 g/mol. The fraction of sp³-hybridized carbons (Fsp3) is 0.308. The Kier molecular flexibility index (Phi) is 3.82. The molecule has 0 spiro atoms. The van der Waals surface area contributed by atoms with Gasteiger partial charge in [-0.2, -0.15) is 5.10 Å². The number of nitrogens with one attached hydrogen (secondary N) is 1. The van der Waals surface area contributed by atoms with E-state index in [9.17, 15) is 8.42 Å². The number of hydrogen-bond acceptors (Lipinski definition) is 4. The molecule has 0 saturated heterocycles. The summed E-state index contributed by atoms with van der Waals surface area (Å²) in [4.78, 5) is 0.114. The van der Waals surface area contributed by atoms with Crippen molar-refractivity contribution < 1.29 is 8.42 Å². The lowest BCUT2D eigenvalue weighted by atomic mass is 10.1. The molecule has 6 nitrogen and oxygen atoms in total. The number of sulfonamides is 1. The van der Waals surface area contributed by atoms with Crippen molar-refractivity contribution in [3.63, 3.8) is 0 Å². The highest BCUT2D eigenvalue weighted by molar-refractivity contribution is 7.89. The standard InChI is InChI=1S/C13H18N4O2S/c1-9-6-12(14)13(7-10(9)2)20(18,19)16-8-11-4-5-15-17(11)3/h4-7,16H,8,14H2,1-3H3. The molecule has 1 aromatic heterocycles. The number of rotatable bonds is 4. The van der Waals surface area contributed by atoms with Crippen LogP contribution in [0, 0.1) is 13.8 Å². The van der Waals surface area contributed by atoms with Gasteiger partial charge in [0.05, 0.1) is 17.9 Å². The van der Waals surface area contributed by atoms with Crippen LogP contribution in [0.5, 0.6) is 0 Å². The number of aryl methyl sites for hydroxylation is 3. The van der Waals surface area contributed by atoms with Gasteiger partial charge in [0.15, 0.2) is 0 Å². The number of nitrogens with two attached hydrogens (primary N) is 1. The van der Waals surface area contributed by atoms with Crippen molar-refractivity contribution in [2.75, 3.05) is 5.73 Å². The van der Waals surface area contributed by atoms with Gasteiger partial charge in [-0.25, -0.2) is 13.1 Å². The third-order valence-corrected chi connectivity index (χ3v) is 4.74. The SMILES string of the molecule is Cc1cc(N)c(S(=O)(=O)NCc2ccnn2C)cc1C. The molecule has 0 amide bonds. The molecule has 0 unspecified atom stereocenters. The summed E-state index contributed by atoms with van der Waals surface area (Å²) >= 11 is 0. The smallest absolute Gasteiger partial charge is 0.242 e. The summed E-state index contributed by atoms with van der Waals surface area (Å²) in [6, 6.07) is 5.02. The summed E-state index contributed by atoms with van der Waals surface area (Å²) < 4.78 is 28.8. The number of nitrogens with zero attached hydrogens (tertiary/aromatic N) is 2. The number of anilines is 1. The number of benzene rings is 1. The van der Waals surface area contributed by atoms with Crippen LogP contribution in [0.25, 0.3) is 0 Å². The summed E-state index contributed by atoms with van der Waals surface area (Å²) in [6.07, 6.45) is 1.62. The fourth-order valence-corrected chi connectivity index (χ4v) is 3.06.